The van der Waals surface area contributed by atoms with Crippen molar-refractivity contribution in [2.45, 2.75) is 0 Å². The van der Waals surface area contributed by atoms with E-state index in [1.54, 1.807) is 18.2 Å². The Bertz CT molecular complexity index is 431. The summed E-state index contributed by atoms with van der Waals surface area (Å²) in [5, 5.41) is 4.78. The Morgan fingerprint density at radius 3 is 2.50 bits per heavy atom. The van der Waals surface area contributed by atoms with Gasteiger partial charge >= 0.3 is 0 Å². The van der Waals surface area contributed by atoms with E-state index < -0.39 is 0 Å². The first kappa shape index (κ1) is 9.62. The van der Waals surface area contributed by atoms with E-state index in [-0.39, 0.29) is 5.78 Å². The normalized spacial score (nSPS) is 10.1. The SMILES string of the molecule is O=C(c1[c]scc1)c1ccc(Br)cc1. The van der Waals surface area contributed by atoms with E-state index in [0.29, 0.717) is 11.1 Å². The van der Waals surface area contributed by atoms with Crippen molar-refractivity contribution < 1.29 is 4.79 Å². The number of halogens is 1. The summed E-state index contributed by atoms with van der Waals surface area (Å²) >= 11 is 4.74. The molecule has 0 fully saturated rings. The maximum atomic E-state index is 11.8. The van der Waals surface area contributed by atoms with E-state index in [1.807, 2.05) is 17.5 Å². The molecule has 1 nitrogen and oxygen atoms in total. The van der Waals surface area contributed by atoms with Gasteiger partial charge in [-0.25, -0.2) is 0 Å². The average Bonchev–Trinajstić information content (AvgIpc) is 2.71. The molecule has 3 heteroatoms. The summed E-state index contributed by atoms with van der Waals surface area (Å²) in [5.74, 6) is 0.0266. The van der Waals surface area contributed by atoms with Crippen molar-refractivity contribution >= 4 is 33.0 Å². The van der Waals surface area contributed by atoms with Gasteiger partial charge in [0.1, 0.15) is 0 Å². The lowest BCUT2D eigenvalue weighted by Crippen LogP contribution is -1.98. The molecule has 0 aliphatic carbocycles. The van der Waals surface area contributed by atoms with E-state index in [4.69, 9.17) is 0 Å². The lowest BCUT2D eigenvalue weighted by atomic mass is 10.1. The molecule has 0 saturated heterocycles. The number of carbonyl (C=O) groups is 1. The molecule has 14 heavy (non-hydrogen) atoms. The van der Waals surface area contributed by atoms with Gasteiger partial charge in [-0.05, 0) is 35.7 Å². The van der Waals surface area contributed by atoms with Crippen LogP contribution in [0.3, 0.4) is 0 Å². The molecule has 1 aromatic carbocycles. The minimum absolute atomic E-state index is 0.0266. The lowest BCUT2D eigenvalue weighted by Gasteiger charge is -1.97. The maximum Gasteiger partial charge on any atom is 0.194 e. The molecule has 1 aromatic heterocycles. The summed E-state index contributed by atoms with van der Waals surface area (Å²) in [6, 6.07) is 9.12. The standard InChI is InChI=1S/C11H6BrOS/c12-10-3-1-8(2-4-10)11(13)9-5-6-14-7-9/h1-6H. The van der Waals surface area contributed by atoms with Gasteiger partial charge in [-0.3, -0.25) is 4.79 Å². The van der Waals surface area contributed by atoms with Gasteiger partial charge in [-0.1, -0.05) is 15.9 Å². The number of hydrogen-bond acceptors (Lipinski definition) is 2. The predicted molar refractivity (Wildman–Crippen MR) is 60.7 cm³/mol. The minimum Gasteiger partial charge on any atom is -0.289 e. The largest absolute Gasteiger partial charge is 0.289 e. The van der Waals surface area contributed by atoms with Crippen LogP contribution in [0.1, 0.15) is 15.9 Å². The average molecular weight is 266 g/mol. The summed E-state index contributed by atoms with van der Waals surface area (Å²) in [6.45, 7) is 0. The Hall–Kier alpha value is -0.930. The Balaban J connectivity index is 2.33. The van der Waals surface area contributed by atoms with Gasteiger partial charge in [0.25, 0.3) is 0 Å². The number of ketones is 1. The number of benzene rings is 1. The third-order valence-corrected chi connectivity index (χ3v) is 2.96. The predicted octanol–water partition coefficient (Wildman–Crippen LogP) is 3.54. The van der Waals surface area contributed by atoms with E-state index >= 15 is 0 Å². The van der Waals surface area contributed by atoms with Crippen molar-refractivity contribution in [1.29, 1.82) is 0 Å². The van der Waals surface area contributed by atoms with Crippen molar-refractivity contribution in [3.8, 4) is 0 Å². The highest BCUT2D eigenvalue weighted by Crippen LogP contribution is 2.15. The molecular formula is C11H6BrOS. The molecule has 1 heterocycles. The Labute approximate surface area is 94.5 Å². The first-order valence-electron chi connectivity index (χ1n) is 4.03. The number of carbonyl (C=O) groups excluding carboxylic acids is 1. The molecule has 2 aromatic rings. The zero-order valence-electron chi connectivity index (χ0n) is 7.16. The fraction of sp³-hybridized carbons (Fsp3) is 0. The van der Waals surface area contributed by atoms with Crippen LogP contribution in [0.2, 0.25) is 0 Å². The molecule has 0 bridgehead atoms. The van der Waals surface area contributed by atoms with Crippen LogP contribution in [0, 0.1) is 5.38 Å². The smallest absolute Gasteiger partial charge is 0.194 e. The van der Waals surface area contributed by atoms with Gasteiger partial charge in [0.15, 0.2) is 5.78 Å². The van der Waals surface area contributed by atoms with E-state index in [1.165, 1.54) is 11.3 Å². The number of hydrogen-bond donors (Lipinski definition) is 0. The monoisotopic (exact) mass is 265 g/mol. The Morgan fingerprint density at radius 1 is 1.21 bits per heavy atom. The molecule has 0 aliphatic rings. The molecule has 0 saturated carbocycles. The van der Waals surface area contributed by atoms with Crippen molar-refractivity contribution in [1.82, 2.24) is 0 Å². The number of rotatable bonds is 2. The molecule has 0 N–H and O–H groups in total. The molecule has 0 unspecified atom stereocenters. The third kappa shape index (κ3) is 1.94. The second-order valence-electron chi connectivity index (χ2n) is 2.77. The van der Waals surface area contributed by atoms with Gasteiger partial charge in [0.2, 0.25) is 0 Å². The van der Waals surface area contributed by atoms with E-state index in [0.717, 1.165) is 4.47 Å². The van der Waals surface area contributed by atoms with Gasteiger partial charge < -0.3 is 0 Å². The summed E-state index contributed by atoms with van der Waals surface area (Å²) in [6.07, 6.45) is 0. The number of thiophene rings is 1. The lowest BCUT2D eigenvalue weighted by molar-refractivity contribution is 0.103. The molecule has 0 amide bonds. The first-order valence-corrected chi connectivity index (χ1v) is 5.70. The van der Waals surface area contributed by atoms with E-state index in [9.17, 15) is 4.79 Å². The van der Waals surface area contributed by atoms with Gasteiger partial charge in [-0.2, -0.15) is 0 Å². The van der Waals surface area contributed by atoms with Crippen LogP contribution in [0.25, 0.3) is 0 Å². The zero-order valence-corrected chi connectivity index (χ0v) is 9.56. The van der Waals surface area contributed by atoms with Gasteiger partial charge in [-0.15, -0.1) is 11.3 Å². The van der Waals surface area contributed by atoms with Crippen LogP contribution in [-0.4, -0.2) is 5.78 Å². The van der Waals surface area contributed by atoms with Gasteiger partial charge in [0, 0.05) is 15.6 Å². The van der Waals surface area contributed by atoms with Crippen LogP contribution in [-0.2, 0) is 0 Å². The maximum absolute atomic E-state index is 11.8. The summed E-state index contributed by atoms with van der Waals surface area (Å²) in [7, 11) is 0. The van der Waals surface area contributed by atoms with Gasteiger partial charge in [0.05, 0.1) is 5.38 Å². The summed E-state index contributed by atoms with van der Waals surface area (Å²) in [4.78, 5) is 11.8. The zero-order chi connectivity index (χ0) is 9.97. The highest BCUT2D eigenvalue weighted by molar-refractivity contribution is 9.10. The fourth-order valence-electron chi connectivity index (χ4n) is 1.11. The molecule has 69 valence electrons. The molecule has 0 aliphatic heterocycles. The van der Waals surface area contributed by atoms with Crippen molar-refractivity contribution in [2.75, 3.05) is 0 Å². The van der Waals surface area contributed by atoms with Crippen LogP contribution < -0.4 is 0 Å². The summed E-state index contributed by atoms with van der Waals surface area (Å²) in [5.41, 5.74) is 1.33. The molecule has 2 rings (SSSR count). The first-order chi connectivity index (χ1) is 6.77. The Kier molecular flexibility index (Phi) is 2.79. The quantitative estimate of drug-likeness (QED) is 0.760. The molecule has 0 atom stereocenters. The second-order valence-corrected chi connectivity index (χ2v) is 4.40. The third-order valence-electron chi connectivity index (χ3n) is 1.82. The molecule has 1 radical (unpaired) electrons. The second kappa shape index (κ2) is 4.07. The fourth-order valence-corrected chi connectivity index (χ4v) is 1.94. The van der Waals surface area contributed by atoms with Crippen LogP contribution in [0.15, 0.2) is 40.2 Å². The van der Waals surface area contributed by atoms with Crippen LogP contribution in [0.5, 0.6) is 0 Å². The highest BCUT2D eigenvalue weighted by atomic mass is 79.9. The topological polar surface area (TPSA) is 17.1 Å². The molecular weight excluding hydrogens is 260 g/mol. The Morgan fingerprint density at radius 2 is 1.93 bits per heavy atom. The van der Waals surface area contributed by atoms with E-state index in [2.05, 4.69) is 21.3 Å². The van der Waals surface area contributed by atoms with Crippen LogP contribution >= 0.6 is 27.3 Å². The summed E-state index contributed by atoms with van der Waals surface area (Å²) < 4.78 is 0.975. The minimum atomic E-state index is 0.0266. The van der Waals surface area contributed by atoms with Crippen molar-refractivity contribution in [3.63, 3.8) is 0 Å². The highest BCUT2D eigenvalue weighted by Gasteiger charge is 2.08. The van der Waals surface area contributed by atoms with Crippen molar-refractivity contribution in [2.24, 2.45) is 0 Å². The van der Waals surface area contributed by atoms with Crippen molar-refractivity contribution in [3.05, 3.63) is 56.7 Å². The van der Waals surface area contributed by atoms with Crippen LogP contribution in [0.4, 0.5) is 0 Å². The molecule has 0 spiro atoms.